The first-order chi connectivity index (χ1) is 30.8. The molecule has 1 rings (SSSR count). The van der Waals surface area contributed by atoms with Crippen molar-refractivity contribution in [3.05, 3.63) is 24.3 Å². The van der Waals surface area contributed by atoms with Crippen LogP contribution in [0, 0.1) is 0 Å². The van der Waals surface area contributed by atoms with Gasteiger partial charge in [0.15, 0.2) is 0 Å². The number of phosphoric acid groups is 1. The predicted octanol–water partition coefficient (Wildman–Crippen LogP) is 9.54. The fourth-order valence-corrected chi connectivity index (χ4v) is 9.26. The fourth-order valence-electron chi connectivity index (χ4n) is 8.30. The van der Waals surface area contributed by atoms with Gasteiger partial charge in [0.25, 0.3) is 0 Å². The largest absolute Gasteiger partial charge is 0.472 e. The molecule has 0 saturated heterocycles. The first kappa shape index (κ1) is 60.8. The third-order valence-electron chi connectivity index (χ3n) is 12.5. The second-order valence-corrected chi connectivity index (χ2v) is 20.0. The third-order valence-corrected chi connectivity index (χ3v) is 13.5. The van der Waals surface area contributed by atoms with Crippen LogP contribution in [-0.4, -0.2) is 108 Å². The molecular formula is C50H96NO12P. The summed E-state index contributed by atoms with van der Waals surface area (Å²) in [7, 11) is -5.14. The van der Waals surface area contributed by atoms with Crippen LogP contribution < -0.4 is 5.32 Å². The normalized spacial score (nSPS) is 22.8. The van der Waals surface area contributed by atoms with Crippen molar-refractivity contribution in [2.24, 2.45) is 0 Å². The molecule has 1 aliphatic carbocycles. The van der Waals surface area contributed by atoms with Crippen LogP contribution in [0.1, 0.15) is 226 Å². The molecular weight excluding hydrogens is 838 g/mol. The van der Waals surface area contributed by atoms with E-state index in [0.29, 0.717) is 12.8 Å². The summed E-state index contributed by atoms with van der Waals surface area (Å²) >= 11 is 0. The van der Waals surface area contributed by atoms with E-state index in [4.69, 9.17) is 9.05 Å². The van der Waals surface area contributed by atoms with Crippen LogP contribution in [0.15, 0.2) is 24.3 Å². The maximum Gasteiger partial charge on any atom is 0.472 e. The molecule has 64 heavy (non-hydrogen) atoms. The zero-order valence-corrected chi connectivity index (χ0v) is 41.1. The number of unbranched alkanes of at least 4 members (excludes halogenated alkanes) is 28. The van der Waals surface area contributed by atoms with E-state index in [1.165, 1.54) is 134 Å². The van der Waals surface area contributed by atoms with Crippen molar-refractivity contribution in [3.63, 3.8) is 0 Å². The average Bonchev–Trinajstić information content (AvgIpc) is 3.27. The Balaban J connectivity index is 2.48. The van der Waals surface area contributed by atoms with Crippen LogP contribution in [-0.2, 0) is 18.4 Å². The number of aliphatic hydroxyl groups is 7. The van der Waals surface area contributed by atoms with Gasteiger partial charge in [0.05, 0.1) is 31.3 Å². The SMILES string of the molecule is CCCCCCCCCCCC/C=C\CCCCCCCC(O)CC(=O)NC(COP(=O)(O)OC1C(O)C(O)C(O)C(O)C1O)C(O)/C=C/CCCCCCCCCCCCCCC. The van der Waals surface area contributed by atoms with E-state index in [2.05, 4.69) is 31.3 Å². The van der Waals surface area contributed by atoms with Crippen LogP contribution in [0.2, 0.25) is 0 Å². The molecule has 0 bridgehead atoms. The lowest BCUT2D eigenvalue weighted by Gasteiger charge is -2.41. The molecule has 1 fully saturated rings. The highest BCUT2D eigenvalue weighted by Gasteiger charge is 2.51. The van der Waals surface area contributed by atoms with Crippen molar-refractivity contribution in [1.82, 2.24) is 5.32 Å². The Morgan fingerprint density at radius 3 is 1.33 bits per heavy atom. The van der Waals surface area contributed by atoms with Gasteiger partial charge in [-0.05, 0) is 44.9 Å². The van der Waals surface area contributed by atoms with Crippen molar-refractivity contribution < 1.29 is 59.0 Å². The number of aliphatic hydroxyl groups excluding tert-OH is 7. The number of phosphoric ester groups is 1. The number of hydrogen-bond acceptors (Lipinski definition) is 11. The number of hydrogen-bond donors (Lipinski definition) is 9. The summed E-state index contributed by atoms with van der Waals surface area (Å²) in [5.41, 5.74) is 0. The molecule has 0 radical (unpaired) electrons. The van der Waals surface area contributed by atoms with E-state index in [1.807, 2.05) is 0 Å². The molecule has 0 aromatic carbocycles. The fraction of sp³-hybridized carbons (Fsp3) is 0.900. The van der Waals surface area contributed by atoms with E-state index >= 15 is 0 Å². The first-order valence-electron chi connectivity index (χ1n) is 25.9. The molecule has 1 amide bonds. The number of amides is 1. The number of allylic oxidation sites excluding steroid dienone is 3. The lowest BCUT2D eigenvalue weighted by molar-refractivity contribution is -0.220. The Labute approximate surface area is 388 Å². The van der Waals surface area contributed by atoms with Gasteiger partial charge < -0.3 is 46.0 Å². The molecule has 0 aromatic heterocycles. The molecule has 8 atom stereocenters. The predicted molar refractivity (Wildman–Crippen MR) is 257 cm³/mol. The van der Waals surface area contributed by atoms with E-state index in [9.17, 15) is 50.0 Å². The number of rotatable bonds is 43. The van der Waals surface area contributed by atoms with E-state index in [-0.39, 0.29) is 6.42 Å². The quantitative estimate of drug-likeness (QED) is 0.0158. The van der Waals surface area contributed by atoms with Gasteiger partial charge in [-0.3, -0.25) is 13.8 Å². The molecule has 9 N–H and O–H groups in total. The van der Waals surface area contributed by atoms with Crippen molar-refractivity contribution in [2.75, 3.05) is 6.61 Å². The van der Waals surface area contributed by atoms with Gasteiger partial charge in [0, 0.05) is 0 Å². The van der Waals surface area contributed by atoms with Gasteiger partial charge in [-0.2, -0.15) is 0 Å². The van der Waals surface area contributed by atoms with Crippen molar-refractivity contribution >= 4 is 13.7 Å². The van der Waals surface area contributed by atoms with Gasteiger partial charge in [-0.1, -0.05) is 199 Å². The van der Waals surface area contributed by atoms with Crippen LogP contribution in [0.5, 0.6) is 0 Å². The van der Waals surface area contributed by atoms with Gasteiger partial charge in [0.1, 0.15) is 36.6 Å². The molecule has 1 saturated carbocycles. The van der Waals surface area contributed by atoms with E-state index in [1.54, 1.807) is 6.08 Å². The van der Waals surface area contributed by atoms with Crippen molar-refractivity contribution in [2.45, 2.75) is 281 Å². The molecule has 0 spiro atoms. The van der Waals surface area contributed by atoms with Crippen LogP contribution in [0.3, 0.4) is 0 Å². The highest BCUT2D eigenvalue weighted by Crippen LogP contribution is 2.47. The summed E-state index contributed by atoms with van der Waals surface area (Å²) in [5.74, 6) is -0.596. The van der Waals surface area contributed by atoms with Crippen molar-refractivity contribution in [3.8, 4) is 0 Å². The maximum absolute atomic E-state index is 13.0. The summed E-state index contributed by atoms with van der Waals surface area (Å²) in [6, 6.07) is -1.24. The van der Waals surface area contributed by atoms with Gasteiger partial charge >= 0.3 is 7.82 Å². The minimum Gasteiger partial charge on any atom is -0.393 e. The highest BCUT2D eigenvalue weighted by atomic mass is 31.2. The summed E-state index contributed by atoms with van der Waals surface area (Å²) in [6.45, 7) is 3.76. The summed E-state index contributed by atoms with van der Waals surface area (Å²) in [5, 5.41) is 74.6. The number of carbonyl (C=O) groups excluding carboxylic acids is 1. The topological polar surface area (TPSA) is 226 Å². The summed E-state index contributed by atoms with van der Waals surface area (Å²) in [4.78, 5) is 23.5. The summed E-state index contributed by atoms with van der Waals surface area (Å²) < 4.78 is 22.9. The van der Waals surface area contributed by atoms with Crippen LogP contribution >= 0.6 is 7.82 Å². The Morgan fingerprint density at radius 2 is 0.906 bits per heavy atom. The van der Waals surface area contributed by atoms with Crippen LogP contribution in [0.4, 0.5) is 0 Å². The van der Waals surface area contributed by atoms with E-state index in [0.717, 1.165) is 64.2 Å². The van der Waals surface area contributed by atoms with E-state index < -0.39 is 75.2 Å². The maximum atomic E-state index is 13.0. The van der Waals surface area contributed by atoms with Crippen LogP contribution in [0.25, 0.3) is 0 Å². The smallest absolute Gasteiger partial charge is 0.393 e. The third kappa shape index (κ3) is 30.9. The molecule has 0 aromatic rings. The minimum absolute atomic E-state index is 0.248. The second kappa shape index (κ2) is 39.7. The van der Waals surface area contributed by atoms with Crippen molar-refractivity contribution in [1.29, 1.82) is 0 Å². The Morgan fingerprint density at radius 1 is 0.547 bits per heavy atom. The summed E-state index contributed by atoms with van der Waals surface area (Å²) in [6.07, 6.45) is 31.2. The standard InChI is InChI=1S/C50H96NO12P/c1-3-5-7-9-11-13-15-17-19-20-21-22-24-25-27-29-31-33-35-37-41(52)39-44(54)51-42(40-62-64(60,61)63-50-48(58)46(56)45(55)47(57)49(50)59)43(53)38-36-34-32-30-28-26-23-18-16-14-12-10-8-6-4-2/h22,24,36,38,41-43,45-50,52-53,55-59H,3-21,23,25-35,37,39-40H2,1-2H3,(H,51,54)(H,60,61)/b24-22-,38-36+. The second-order valence-electron chi connectivity index (χ2n) is 18.6. The molecule has 0 aliphatic heterocycles. The Kier molecular flexibility index (Phi) is 37.8. The number of carbonyl (C=O) groups is 1. The first-order valence-corrected chi connectivity index (χ1v) is 27.4. The van der Waals surface area contributed by atoms with Gasteiger partial charge in [-0.25, -0.2) is 4.57 Å². The van der Waals surface area contributed by atoms with Gasteiger partial charge in [-0.15, -0.1) is 0 Å². The molecule has 8 unspecified atom stereocenters. The Bertz CT molecular complexity index is 1190. The Hall–Kier alpha value is -1.22. The molecule has 378 valence electrons. The molecule has 0 heterocycles. The molecule has 1 aliphatic rings. The number of nitrogens with one attached hydrogen (secondary N) is 1. The monoisotopic (exact) mass is 934 g/mol. The lowest BCUT2D eigenvalue weighted by atomic mass is 9.85. The highest BCUT2D eigenvalue weighted by molar-refractivity contribution is 7.47. The zero-order valence-electron chi connectivity index (χ0n) is 40.2. The van der Waals surface area contributed by atoms with Gasteiger partial charge in [0.2, 0.25) is 5.91 Å². The zero-order chi connectivity index (χ0) is 47.3. The lowest BCUT2D eigenvalue weighted by Crippen LogP contribution is -2.64. The molecule has 14 heteroatoms. The molecule has 13 nitrogen and oxygen atoms in total. The average molecular weight is 934 g/mol. The minimum atomic E-state index is -5.14.